The number of benzene rings is 8. The van der Waals surface area contributed by atoms with Crippen molar-refractivity contribution in [2.24, 2.45) is 11.7 Å². The number of aliphatic carboxylic acids is 2. The van der Waals surface area contributed by atoms with E-state index in [1.165, 1.54) is 105 Å². The van der Waals surface area contributed by atoms with Crippen LogP contribution in [-0.4, -0.2) is 88.7 Å². The molecule has 105 heavy (non-hydrogen) atoms. The summed E-state index contributed by atoms with van der Waals surface area (Å²) in [5, 5.41) is 28.6. The van der Waals surface area contributed by atoms with Crippen molar-refractivity contribution in [3.05, 3.63) is 258 Å². The molecule has 1 fully saturated rings. The van der Waals surface area contributed by atoms with Gasteiger partial charge < -0.3 is 39.7 Å². The molecule has 2 aliphatic rings. The number of nitrogens with two attached hydrogens (primary N) is 1. The van der Waals surface area contributed by atoms with E-state index in [1.807, 2.05) is 32.9 Å². The van der Waals surface area contributed by atoms with E-state index >= 15 is 32.7 Å². The van der Waals surface area contributed by atoms with Gasteiger partial charge in [-0.15, -0.1) is 0 Å². The number of aromatic nitrogens is 3. The average Bonchev–Trinajstić information content (AvgIpc) is 1.55. The van der Waals surface area contributed by atoms with Crippen LogP contribution in [0, 0.1) is 77.7 Å². The van der Waals surface area contributed by atoms with Crippen LogP contribution in [-0.2, 0) is 26.3 Å². The first-order valence-corrected chi connectivity index (χ1v) is 33.8. The van der Waals surface area contributed by atoms with Crippen LogP contribution >= 0.6 is 0 Å². The Hall–Kier alpha value is -11.9. The molecule has 0 bridgehead atoms. The van der Waals surface area contributed by atoms with E-state index in [-0.39, 0.29) is 126 Å². The van der Waals surface area contributed by atoms with Crippen LogP contribution in [0.4, 0.5) is 23.2 Å². The van der Waals surface area contributed by atoms with Crippen LogP contribution in [0.1, 0.15) is 142 Å². The number of methoxy groups -OCH3 is 4. The van der Waals surface area contributed by atoms with Gasteiger partial charge in [-0.25, -0.2) is 22.4 Å². The maximum absolute atomic E-state index is 17.3. The van der Waals surface area contributed by atoms with Crippen molar-refractivity contribution >= 4 is 85.4 Å². The molecule has 8 aromatic carbocycles. The number of quaternary nitrogens is 1. The third kappa shape index (κ3) is 11.8. The summed E-state index contributed by atoms with van der Waals surface area (Å²) in [6.45, 7) is 13.5. The molecule has 3 atom stereocenters. The summed E-state index contributed by atoms with van der Waals surface area (Å²) < 4.78 is 88.1. The van der Waals surface area contributed by atoms with Crippen molar-refractivity contribution < 1.29 is 80.3 Å². The second-order valence-electron chi connectivity index (χ2n) is 26.8. The number of carbonyl (C=O) groups excluding carboxylic acids is 6. The second-order valence-corrected chi connectivity index (χ2v) is 26.8. The van der Waals surface area contributed by atoms with E-state index in [4.69, 9.17) is 24.7 Å². The molecule has 538 valence electrons. The van der Waals surface area contributed by atoms with E-state index in [0.29, 0.717) is 40.6 Å². The van der Waals surface area contributed by atoms with E-state index < -0.39 is 86.4 Å². The average molecular weight is 1430 g/mol. The maximum atomic E-state index is 17.3. The minimum absolute atomic E-state index is 0.0178. The predicted molar refractivity (Wildman–Crippen MR) is 387 cm³/mol. The fourth-order valence-electron chi connectivity index (χ4n) is 16.0. The summed E-state index contributed by atoms with van der Waals surface area (Å²) >= 11 is 0. The smallest absolute Gasteiger partial charge is 0.356 e. The van der Waals surface area contributed by atoms with Gasteiger partial charge in [0.15, 0.2) is 57.5 Å². The second kappa shape index (κ2) is 28.0. The number of carbonyl (C=O) groups is 7. The van der Waals surface area contributed by atoms with Crippen molar-refractivity contribution in [3.8, 4) is 23.0 Å². The van der Waals surface area contributed by atoms with Gasteiger partial charge in [-0.1, -0.05) is 83.6 Å². The lowest BCUT2D eigenvalue weighted by Crippen LogP contribution is -2.74. The number of rotatable bonds is 17. The molecule has 1 aliphatic heterocycles. The lowest BCUT2D eigenvalue weighted by Gasteiger charge is -2.53. The highest BCUT2D eigenvalue weighted by Gasteiger charge is 2.71. The number of primary amides is 1. The molecule has 1 aliphatic carbocycles. The summed E-state index contributed by atoms with van der Waals surface area (Å²) in [6, 6.07) is 36.2. The summed E-state index contributed by atoms with van der Waals surface area (Å²) in [7, 11) is 5.00. The number of ether oxygens (including phenoxy) is 4. The predicted octanol–water partition coefficient (Wildman–Crippen LogP) is 14.7. The molecule has 3 N–H and O–H groups in total. The standard InChI is InChI=1S/C63H56F3N3O10.C20H19FN2O3/c1-32-14-20-38(21-15-32)58(70)67-35(4)54(42-26-51(77-7)45(64)29-48(42)67)56(61(73)74)55-37(6)69(60(72)40-24-18-34(3)19-25-40,50-31-47(66)53(79-9)28-44(50)55)63(62(75)76,41-12-10-11-13-41)57-36(5)68(59(71)39-22-16-33(2)17-23-39)49-30-46(65)52(78-8)27-43(49)57;1-11-4-6-13(7-5-11)20(25)23-12(2)14(9-19(22)24)15-8-18(26-3)16(21)10-17(15)23/h14-31,41,56H,10-13H2,1-9H3,(H-,73,74,75,76);4-8,10H,9H2,1-3H3,(H2,22,24). The third-order valence-corrected chi connectivity index (χ3v) is 20.9. The number of halogens is 4. The number of hydrogen-bond acceptors (Lipinski definition) is 12. The summed E-state index contributed by atoms with van der Waals surface area (Å²) in [5.74, 6) is -14.0. The quantitative estimate of drug-likeness (QED) is 0.0637. The highest BCUT2D eigenvalue weighted by molar-refractivity contribution is 6.18. The molecule has 0 spiro atoms. The van der Waals surface area contributed by atoms with Gasteiger partial charge in [-0.3, -0.25) is 37.7 Å². The Kier molecular flexibility index (Phi) is 19.5. The molecule has 0 saturated heterocycles. The minimum atomic E-state index is -2.79. The van der Waals surface area contributed by atoms with Crippen molar-refractivity contribution in [2.45, 2.75) is 99.0 Å². The van der Waals surface area contributed by atoms with Crippen molar-refractivity contribution in [2.75, 3.05) is 28.4 Å². The monoisotopic (exact) mass is 1430 g/mol. The van der Waals surface area contributed by atoms with Crippen molar-refractivity contribution in [1.82, 2.24) is 18.2 Å². The largest absolute Gasteiger partial charge is 0.543 e. The molecular weight excluding hydrogens is 1350 g/mol. The van der Waals surface area contributed by atoms with Gasteiger partial charge in [-0.05, 0) is 140 Å². The molecule has 3 unspecified atom stereocenters. The van der Waals surface area contributed by atoms with Gasteiger partial charge in [0, 0.05) is 104 Å². The first-order valence-electron chi connectivity index (χ1n) is 33.8. The van der Waals surface area contributed by atoms with E-state index in [0.717, 1.165) is 40.5 Å². The molecule has 22 heteroatoms. The molecule has 13 rings (SSSR count). The summed E-state index contributed by atoms with van der Waals surface area (Å²) in [6.07, 6.45) is 1.09. The van der Waals surface area contributed by atoms with Gasteiger partial charge in [0.1, 0.15) is 17.6 Å². The Bertz CT molecular complexity index is 5490. The lowest BCUT2D eigenvalue weighted by molar-refractivity contribution is -0.321. The fraction of sp³-hybridized carbons (Fsp3) is 0.241. The van der Waals surface area contributed by atoms with Crippen LogP contribution in [0.2, 0.25) is 0 Å². The Morgan fingerprint density at radius 3 is 1.30 bits per heavy atom. The summed E-state index contributed by atoms with van der Waals surface area (Å²) in [5.41, 5.74) is 7.06. The van der Waals surface area contributed by atoms with E-state index in [1.54, 1.807) is 86.6 Å². The molecule has 4 heterocycles. The molecule has 1 saturated carbocycles. The van der Waals surface area contributed by atoms with Crippen LogP contribution in [0.3, 0.4) is 0 Å². The molecule has 3 aromatic heterocycles. The first-order chi connectivity index (χ1) is 50.0. The number of hydrogen-bond donors (Lipinski definition) is 2. The fourth-order valence-corrected chi connectivity index (χ4v) is 16.0. The highest BCUT2D eigenvalue weighted by atomic mass is 19.1. The van der Waals surface area contributed by atoms with E-state index in [9.17, 15) is 28.7 Å². The van der Waals surface area contributed by atoms with Gasteiger partial charge in [-0.2, -0.15) is 4.48 Å². The van der Waals surface area contributed by atoms with E-state index in [2.05, 4.69) is 0 Å². The summed E-state index contributed by atoms with van der Waals surface area (Å²) in [4.78, 5) is 102. The number of nitrogens with zero attached hydrogens (tertiary/aromatic N) is 4. The number of amides is 2. The Morgan fingerprint density at radius 1 is 0.514 bits per heavy atom. The van der Waals surface area contributed by atoms with Gasteiger partial charge in [0.25, 0.3) is 17.7 Å². The Labute approximate surface area is 601 Å². The van der Waals surface area contributed by atoms with Crippen LogP contribution in [0.25, 0.3) is 38.3 Å². The Morgan fingerprint density at radius 2 is 0.886 bits per heavy atom. The zero-order valence-electron chi connectivity index (χ0n) is 59.8. The van der Waals surface area contributed by atoms with Crippen molar-refractivity contribution in [3.63, 3.8) is 0 Å². The first kappa shape index (κ1) is 72.9. The van der Waals surface area contributed by atoms with Gasteiger partial charge >= 0.3 is 11.9 Å². The molecule has 18 nitrogen and oxygen atoms in total. The van der Waals surface area contributed by atoms with Crippen molar-refractivity contribution in [1.29, 1.82) is 0 Å². The number of allylic oxidation sites excluding steroid dienone is 1. The number of carboxylic acid groups (broad SMARTS) is 2. The van der Waals surface area contributed by atoms with Gasteiger partial charge in [0.05, 0.1) is 62.5 Å². The highest BCUT2D eigenvalue weighted by Crippen LogP contribution is 2.64. The van der Waals surface area contributed by atoms with Crippen LogP contribution in [0.5, 0.6) is 23.0 Å². The zero-order valence-corrected chi connectivity index (χ0v) is 59.8. The SMILES string of the molecule is COc1cc2c(CC(N)=O)c(C)n(C(=O)c3ccc(C)cc3)c2cc1F.COc1cc2c(cc1F)[N+](C(=O)c1ccc(C)cc1)(C(C(=O)[O-])(c1c(C)n(C(=O)c3ccc(C)cc3)c3cc(F)c(OC)cc13)C1CCCC1)C(C)=C2C(C(=O)O)c1c(C)n(C(=O)c2ccc(C)cc2)c2cc(F)c(OC)cc12. The number of fused-ring (bicyclic) bond motifs is 4. The molecular formula is C83H75F4N5O13. The normalized spacial score (nSPS) is 15.1. The van der Waals surface area contributed by atoms with Gasteiger partial charge in [0.2, 0.25) is 5.91 Å². The maximum Gasteiger partial charge on any atom is 0.356 e. The third-order valence-electron chi connectivity index (χ3n) is 20.9. The molecule has 2 amide bonds. The lowest BCUT2D eigenvalue weighted by atomic mass is 9.71. The zero-order chi connectivity index (χ0) is 75.7. The minimum Gasteiger partial charge on any atom is -0.543 e. The van der Waals surface area contributed by atoms with Crippen LogP contribution < -0.4 is 34.3 Å². The number of aryl methyl sites for hydroxylation is 4. The Balaban J connectivity index is 0.000000334. The van der Waals surface area contributed by atoms with Crippen LogP contribution in [0.15, 0.2) is 151 Å². The topological polar surface area (TPSA) is 241 Å². The molecule has 11 aromatic rings. The molecule has 0 radical (unpaired) electrons. The number of carboxylic acids is 2.